The SMILES string of the molecule is CCC(C(=O)O)N1CCOCC2(CCC2)C1. The first-order chi connectivity index (χ1) is 7.67. The van der Waals surface area contributed by atoms with Gasteiger partial charge in [-0.15, -0.1) is 0 Å². The minimum Gasteiger partial charge on any atom is -0.480 e. The molecule has 16 heavy (non-hydrogen) atoms. The van der Waals surface area contributed by atoms with Crippen LogP contribution in [-0.2, 0) is 9.53 Å². The summed E-state index contributed by atoms with van der Waals surface area (Å²) in [6.07, 6.45) is 4.32. The lowest BCUT2D eigenvalue weighted by molar-refractivity contribution is -0.144. The predicted octanol–water partition coefficient (Wildman–Crippen LogP) is 1.35. The third-order valence-electron chi connectivity index (χ3n) is 4.00. The standard InChI is InChI=1S/C12H21NO3/c1-2-10(11(14)15)13-6-7-16-9-12(8-13)4-3-5-12/h10H,2-9H2,1H3,(H,14,15). The number of carboxylic acid groups (broad SMARTS) is 1. The first-order valence-electron chi connectivity index (χ1n) is 6.21. The Hall–Kier alpha value is -0.610. The Labute approximate surface area is 96.6 Å². The van der Waals surface area contributed by atoms with E-state index in [0.29, 0.717) is 13.0 Å². The fourth-order valence-electron chi connectivity index (χ4n) is 2.86. The average Bonchev–Trinajstić information content (AvgIpc) is 2.40. The van der Waals surface area contributed by atoms with Crippen molar-refractivity contribution >= 4 is 5.97 Å². The second kappa shape index (κ2) is 4.72. The van der Waals surface area contributed by atoms with E-state index < -0.39 is 5.97 Å². The molecule has 0 radical (unpaired) electrons. The van der Waals surface area contributed by atoms with Crippen LogP contribution in [0.25, 0.3) is 0 Å². The minimum atomic E-state index is -0.695. The Balaban J connectivity index is 2.04. The maximum atomic E-state index is 11.2. The number of carbonyl (C=O) groups is 1. The van der Waals surface area contributed by atoms with Gasteiger partial charge in [-0.3, -0.25) is 9.69 Å². The van der Waals surface area contributed by atoms with E-state index in [0.717, 1.165) is 19.7 Å². The first kappa shape index (κ1) is 11.9. The monoisotopic (exact) mass is 227 g/mol. The molecule has 0 bridgehead atoms. The Morgan fingerprint density at radius 1 is 1.56 bits per heavy atom. The van der Waals surface area contributed by atoms with E-state index in [4.69, 9.17) is 4.74 Å². The molecule has 1 unspecified atom stereocenters. The molecule has 1 aliphatic heterocycles. The van der Waals surface area contributed by atoms with Gasteiger partial charge in [-0.25, -0.2) is 0 Å². The van der Waals surface area contributed by atoms with E-state index in [9.17, 15) is 9.90 Å². The van der Waals surface area contributed by atoms with E-state index >= 15 is 0 Å². The van der Waals surface area contributed by atoms with E-state index in [-0.39, 0.29) is 11.5 Å². The zero-order valence-corrected chi connectivity index (χ0v) is 9.95. The number of carboxylic acids is 1. The Morgan fingerprint density at radius 2 is 2.31 bits per heavy atom. The van der Waals surface area contributed by atoms with Gasteiger partial charge in [0.1, 0.15) is 6.04 Å². The molecule has 4 nitrogen and oxygen atoms in total. The van der Waals surface area contributed by atoms with Gasteiger partial charge >= 0.3 is 5.97 Å². The predicted molar refractivity (Wildman–Crippen MR) is 60.4 cm³/mol. The van der Waals surface area contributed by atoms with Crippen LogP contribution in [0.3, 0.4) is 0 Å². The molecule has 0 amide bonds. The molecule has 1 heterocycles. The molecular formula is C12H21NO3. The van der Waals surface area contributed by atoms with Crippen molar-refractivity contribution in [1.29, 1.82) is 0 Å². The third kappa shape index (κ3) is 2.23. The molecule has 1 aliphatic carbocycles. The van der Waals surface area contributed by atoms with Crippen LogP contribution in [-0.4, -0.2) is 48.3 Å². The molecule has 1 saturated heterocycles. The van der Waals surface area contributed by atoms with Gasteiger partial charge in [0.05, 0.1) is 13.2 Å². The van der Waals surface area contributed by atoms with E-state index in [1.807, 2.05) is 6.92 Å². The lowest BCUT2D eigenvalue weighted by Gasteiger charge is -2.43. The summed E-state index contributed by atoms with van der Waals surface area (Å²) in [5.74, 6) is -0.695. The molecule has 0 aromatic carbocycles. The maximum Gasteiger partial charge on any atom is 0.320 e. The highest BCUT2D eigenvalue weighted by atomic mass is 16.5. The highest BCUT2D eigenvalue weighted by molar-refractivity contribution is 5.73. The average molecular weight is 227 g/mol. The van der Waals surface area contributed by atoms with Crippen molar-refractivity contribution < 1.29 is 14.6 Å². The quantitative estimate of drug-likeness (QED) is 0.790. The van der Waals surface area contributed by atoms with Gasteiger partial charge < -0.3 is 9.84 Å². The number of aliphatic carboxylic acids is 1. The van der Waals surface area contributed by atoms with Crippen LogP contribution in [0.2, 0.25) is 0 Å². The normalized spacial score (nSPS) is 27.1. The lowest BCUT2D eigenvalue weighted by Crippen LogP contribution is -2.49. The fraction of sp³-hybridized carbons (Fsp3) is 0.917. The summed E-state index contributed by atoms with van der Waals surface area (Å²) in [6, 6.07) is -0.334. The molecular weight excluding hydrogens is 206 g/mol. The Kier molecular flexibility index (Phi) is 3.50. The zero-order chi connectivity index (χ0) is 11.6. The summed E-state index contributed by atoms with van der Waals surface area (Å²) < 4.78 is 5.62. The van der Waals surface area contributed by atoms with Crippen LogP contribution < -0.4 is 0 Å². The topological polar surface area (TPSA) is 49.8 Å². The first-order valence-corrected chi connectivity index (χ1v) is 6.21. The van der Waals surface area contributed by atoms with E-state index in [1.165, 1.54) is 19.3 Å². The van der Waals surface area contributed by atoms with Crippen molar-refractivity contribution in [2.24, 2.45) is 5.41 Å². The highest BCUT2D eigenvalue weighted by Gasteiger charge is 2.42. The fourth-order valence-corrected chi connectivity index (χ4v) is 2.86. The Bertz CT molecular complexity index is 263. The maximum absolute atomic E-state index is 11.2. The van der Waals surface area contributed by atoms with E-state index in [1.54, 1.807) is 0 Å². The second-order valence-electron chi connectivity index (χ2n) is 5.14. The Morgan fingerprint density at radius 3 is 2.81 bits per heavy atom. The highest BCUT2D eigenvalue weighted by Crippen LogP contribution is 2.43. The smallest absolute Gasteiger partial charge is 0.320 e. The zero-order valence-electron chi connectivity index (χ0n) is 9.95. The number of ether oxygens (including phenoxy) is 1. The van der Waals surface area contributed by atoms with Crippen molar-refractivity contribution in [1.82, 2.24) is 4.90 Å². The molecule has 1 spiro atoms. The summed E-state index contributed by atoms with van der Waals surface area (Å²) in [5, 5.41) is 9.20. The molecule has 1 N–H and O–H groups in total. The van der Waals surface area contributed by atoms with Crippen LogP contribution in [0.5, 0.6) is 0 Å². The molecule has 1 saturated carbocycles. The summed E-state index contributed by atoms with van der Waals surface area (Å²) in [6.45, 7) is 5.09. The molecule has 2 fully saturated rings. The molecule has 92 valence electrons. The summed E-state index contributed by atoms with van der Waals surface area (Å²) in [4.78, 5) is 13.3. The number of nitrogens with zero attached hydrogens (tertiary/aromatic N) is 1. The third-order valence-corrected chi connectivity index (χ3v) is 4.00. The number of rotatable bonds is 3. The van der Waals surface area contributed by atoms with Gasteiger partial charge in [0, 0.05) is 18.5 Å². The molecule has 0 aromatic heterocycles. The van der Waals surface area contributed by atoms with Gasteiger partial charge in [0.2, 0.25) is 0 Å². The van der Waals surface area contributed by atoms with Gasteiger partial charge in [-0.1, -0.05) is 13.3 Å². The molecule has 4 heteroatoms. The van der Waals surface area contributed by atoms with Gasteiger partial charge in [-0.05, 0) is 19.3 Å². The summed E-state index contributed by atoms with van der Waals surface area (Å²) >= 11 is 0. The number of hydrogen-bond donors (Lipinski definition) is 1. The van der Waals surface area contributed by atoms with Crippen LogP contribution in [0.4, 0.5) is 0 Å². The van der Waals surface area contributed by atoms with Crippen molar-refractivity contribution in [3.05, 3.63) is 0 Å². The van der Waals surface area contributed by atoms with Crippen molar-refractivity contribution in [3.63, 3.8) is 0 Å². The number of hydrogen-bond acceptors (Lipinski definition) is 3. The van der Waals surface area contributed by atoms with Crippen molar-refractivity contribution in [3.8, 4) is 0 Å². The van der Waals surface area contributed by atoms with Gasteiger partial charge in [0.15, 0.2) is 0 Å². The van der Waals surface area contributed by atoms with Crippen LogP contribution in [0.15, 0.2) is 0 Å². The molecule has 0 aromatic rings. The summed E-state index contributed by atoms with van der Waals surface area (Å²) in [5.41, 5.74) is 0.263. The largest absolute Gasteiger partial charge is 0.480 e. The minimum absolute atomic E-state index is 0.263. The summed E-state index contributed by atoms with van der Waals surface area (Å²) in [7, 11) is 0. The molecule has 2 aliphatic rings. The van der Waals surface area contributed by atoms with Crippen molar-refractivity contribution in [2.75, 3.05) is 26.3 Å². The molecule has 1 atom stereocenters. The van der Waals surface area contributed by atoms with Gasteiger partial charge in [0.25, 0.3) is 0 Å². The van der Waals surface area contributed by atoms with Crippen molar-refractivity contribution in [2.45, 2.75) is 38.6 Å². The lowest BCUT2D eigenvalue weighted by atomic mass is 9.69. The molecule has 2 rings (SSSR count). The van der Waals surface area contributed by atoms with Crippen LogP contribution in [0.1, 0.15) is 32.6 Å². The van der Waals surface area contributed by atoms with E-state index in [2.05, 4.69) is 4.90 Å². The van der Waals surface area contributed by atoms with Crippen LogP contribution >= 0.6 is 0 Å². The van der Waals surface area contributed by atoms with Gasteiger partial charge in [-0.2, -0.15) is 0 Å². The van der Waals surface area contributed by atoms with Crippen LogP contribution in [0, 0.1) is 5.41 Å². The second-order valence-corrected chi connectivity index (χ2v) is 5.14.